The minimum absolute atomic E-state index is 0.592. The summed E-state index contributed by atoms with van der Waals surface area (Å²) in [4.78, 5) is 14.8. The third-order valence-electron chi connectivity index (χ3n) is 6.75. The molecule has 0 aliphatic rings. The van der Waals surface area contributed by atoms with Crippen LogP contribution >= 0.6 is 11.6 Å². The topological polar surface area (TPSA) is 38.7 Å². The van der Waals surface area contributed by atoms with Crippen LogP contribution in [0.4, 0.5) is 0 Å². The van der Waals surface area contributed by atoms with E-state index in [0.29, 0.717) is 22.5 Å². The Bertz CT molecular complexity index is 1960. The first-order chi connectivity index (χ1) is 18.2. The second kappa shape index (κ2) is 8.81. The number of halogens is 1. The molecule has 4 heteroatoms. The molecule has 3 nitrogen and oxygen atoms in total. The van der Waals surface area contributed by atoms with Gasteiger partial charge in [-0.2, -0.15) is 0 Å². The Morgan fingerprint density at radius 1 is 0.405 bits per heavy atom. The molecule has 174 valence electrons. The van der Waals surface area contributed by atoms with Gasteiger partial charge in [0.1, 0.15) is 0 Å². The summed E-state index contributed by atoms with van der Waals surface area (Å²) in [5, 5.41) is 7.70. The average Bonchev–Trinajstić information content (AvgIpc) is 2.96. The number of nitrogens with zero attached hydrogens (tertiary/aromatic N) is 3. The molecule has 6 aromatic carbocycles. The van der Waals surface area contributed by atoms with Gasteiger partial charge in [-0.3, -0.25) is 0 Å². The van der Waals surface area contributed by atoms with Crippen LogP contribution in [0.2, 0.25) is 5.02 Å². The lowest BCUT2D eigenvalue weighted by atomic mass is 10.00. The van der Waals surface area contributed by atoms with Crippen LogP contribution in [-0.2, 0) is 0 Å². The Labute approximate surface area is 219 Å². The second-order valence-electron chi connectivity index (χ2n) is 9.07. The highest BCUT2D eigenvalue weighted by Crippen LogP contribution is 2.32. The van der Waals surface area contributed by atoms with Crippen LogP contribution in [0.25, 0.3) is 66.5 Å². The molecule has 0 fully saturated rings. The van der Waals surface area contributed by atoms with Crippen molar-refractivity contribution in [1.29, 1.82) is 0 Å². The molecule has 0 spiro atoms. The van der Waals surface area contributed by atoms with E-state index in [0.717, 1.165) is 32.8 Å². The molecule has 1 aromatic heterocycles. The first-order valence-corrected chi connectivity index (χ1v) is 12.5. The van der Waals surface area contributed by atoms with Crippen LogP contribution < -0.4 is 0 Å². The van der Waals surface area contributed by atoms with Crippen LogP contribution in [0.3, 0.4) is 0 Å². The van der Waals surface area contributed by atoms with Crippen molar-refractivity contribution >= 4 is 43.9 Å². The molecule has 0 aliphatic heterocycles. The molecule has 7 aromatic rings. The van der Waals surface area contributed by atoms with Gasteiger partial charge in [0.15, 0.2) is 17.5 Å². The van der Waals surface area contributed by atoms with E-state index in [2.05, 4.69) is 78.9 Å². The van der Waals surface area contributed by atoms with Gasteiger partial charge in [0.2, 0.25) is 0 Å². The lowest BCUT2D eigenvalue weighted by Crippen LogP contribution is -2.00. The third-order valence-corrected chi connectivity index (χ3v) is 6.99. The van der Waals surface area contributed by atoms with Crippen LogP contribution in [-0.4, -0.2) is 15.0 Å². The molecule has 0 bridgehead atoms. The van der Waals surface area contributed by atoms with Crippen molar-refractivity contribution in [3.8, 4) is 34.2 Å². The lowest BCUT2D eigenvalue weighted by molar-refractivity contribution is 1.08. The predicted molar refractivity (Wildman–Crippen MR) is 154 cm³/mol. The van der Waals surface area contributed by atoms with E-state index in [4.69, 9.17) is 26.6 Å². The summed E-state index contributed by atoms with van der Waals surface area (Å²) in [7, 11) is 0. The van der Waals surface area contributed by atoms with Crippen LogP contribution in [0.15, 0.2) is 121 Å². The highest BCUT2D eigenvalue weighted by atomic mass is 35.5. The smallest absolute Gasteiger partial charge is 0.164 e. The van der Waals surface area contributed by atoms with Crippen molar-refractivity contribution < 1.29 is 0 Å². The zero-order valence-corrected chi connectivity index (χ0v) is 20.5. The number of benzene rings is 6. The summed E-state index contributed by atoms with van der Waals surface area (Å²) in [5.41, 5.74) is 2.76. The fraction of sp³-hybridized carbons (Fsp3) is 0. The molecular formula is C33H20ClN3. The largest absolute Gasteiger partial charge is 0.208 e. The van der Waals surface area contributed by atoms with Crippen LogP contribution in [0.5, 0.6) is 0 Å². The van der Waals surface area contributed by atoms with E-state index in [1.807, 2.05) is 42.5 Å². The van der Waals surface area contributed by atoms with Gasteiger partial charge in [-0.25, -0.2) is 15.0 Å². The average molecular weight is 494 g/mol. The molecule has 0 aliphatic carbocycles. The number of rotatable bonds is 3. The maximum Gasteiger partial charge on any atom is 0.164 e. The minimum Gasteiger partial charge on any atom is -0.208 e. The lowest BCUT2D eigenvalue weighted by Gasteiger charge is -2.11. The standard InChI is InChI=1S/C33H20ClN3/c34-26-11-5-10-24(20-26)31-35-32(37-33(36-31)30-14-6-9-21-7-1-4-13-28(21)30)25-17-18-29-23(19-25)16-15-22-8-2-3-12-27(22)29/h1-20H. The first-order valence-electron chi connectivity index (χ1n) is 12.1. The Kier molecular flexibility index (Phi) is 5.16. The normalized spacial score (nSPS) is 11.4. The maximum absolute atomic E-state index is 6.33. The third kappa shape index (κ3) is 3.90. The van der Waals surface area contributed by atoms with Crippen molar-refractivity contribution in [1.82, 2.24) is 15.0 Å². The molecule has 0 N–H and O–H groups in total. The summed E-state index contributed by atoms with van der Waals surface area (Å²) in [5.74, 6) is 1.85. The monoisotopic (exact) mass is 493 g/mol. The molecule has 0 saturated heterocycles. The van der Waals surface area contributed by atoms with Gasteiger partial charge in [0, 0.05) is 21.7 Å². The molecule has 0 radical (unpaired) electrons. The molecule has 0 atom stereocenters. The van der Waals surface area contributed by atoms with E-state index >= 15 is 0 Å². The fourth-order valence-electron chi connectivity index (χ4n) is 4.95. The summed E-state index contributed by atoms with van der Waals surface area (Å²) in [6, 6.07) is 41.3. The molecule has 0 amide bonds. The number of hydrogen-bond acceptors (Lipinski definition) is 3. The molecule has 1 heterocycles. The number of fused-ring (bicyclic) bond motifs is 4. The SMILES string of the molecule is Clc1cccc(-c2nc(-c3ccc4c(ccc5ccccc54)c3)nc(-c3cccc4ccccc34)n2)c1. The predicted octanol–water partition coefficient (Wildman–Crippen LogP) is 8.99. The maximum atomic E-state index is 6.33. The zero-order chi connectivity index (χ0) is 24.8. The van der Waals surface area contributed by atoms with Gasteiger partial charge in [0.25, 0.3) is 0 Å². The van der Waals surface area contributed by atoms with E-state index in [1.54, 1.807) is 0 Å². The van der Waals surface area contributed by atoms with Crippen LogP contribution in [0.1, 0.15) is 0 Å². The van der Waals surface area contributed by atoms with E-state index < -0.39 is 0 Å². The van der Waals surface area contributed by atoms with Crippen LogP contribution in [0, 0.1) is 0 Å². The fourth-order valence-corrected chi connectivity index (χ4v) is 5.15. The van der Waals surface area contributed by atoms with Gasteiger partial charge in [-0.1, -0.05) is 115 Å². The van der Waals surface area contributed by atoms with Gasteiger partial charge in [-0.15, -0.1) is 0 Å². The Hall–Kier alpha value is -4.60. The van der Waals surface area contributed by atoms with E-state index in [-0.39, 0.29) is 0 Å². The Balaban J connectivity index is 1.47. The quantitative estimate of drug-likeness (QED) is 0.230. The van der Waals surface area contributed by atoms with Gasteiger partial charge >= 0.3 is 0 Å². The molecule has 0 unspecified atom stereocenters. The summed E-state index contributed by atoms with van der Waals surface area (Å²) in [6.07, 6.45) is 0. The number of hydrogen-bond donors (Lipinski definition) is 0. The Morgan fingerprint density at radius 3 is 1.81 bits per heavy atom. The number of aromatic nitrogens is 3. The molecule has 0 saturated carbocycles. The van der Waals surface area contributed by atoms with Crippen molar-refractivity contribution in [2.24, 2.45) is 0 Å². The molecule has 7 rings (SSSR count). The highest BCUT2D eigenvalue weighted by molar-refractivity contribution is 6.30. The molecular weight excluding hydrogens is 474 g/mol. The summed E-state index contributed by atoms with van der Waals surface area (Å²) >= 11 is 6.33. The van der Waals surface area contributed by atoms with Crippen molar-refractivity contribution in [2.75, 3.05) is 0 Å². The van der Waals surface area contributed by atoms with Gasteiger partial charge in [-0.05, 0) is 50.5 Å². The second-order valence-corrected chi connectivity index (χ2v) is 9.50. The van der Waals surface area contributed by atoms with E-state index in [1.165, 1.54) is 16.2 Å². The van der Waals surface area contributed by atoms with Crippen molar-refractivity contribution in [2.45, 2.75) is 0 Å². The van der Waals surface area contributed by atoms with Crippen molar-refractivity contribution in [3.05, 3.63) is 126 Å². The highest BCUT2D eigenvalue weighted by Gasteiger charge is 2.15. The van der Waals surface area contributed by atoms with Gasteiger partial charge < -0.3 is 0 Å². The Morgan fingerprint density at radius 2 is 1.00 bits per heavy atom. The van der Waals surface area contributed by atoms with Crippen molar-refractivity contribution in [3.63, 3.8) is 0 Å². The zero-order valence-electron chi connectivity index (χ0n) is 19.8. The van der Waals surface area contributed by atoms with E-state index in [9.17, 15) is 0 Å². The minimum atomic E-state index is 0.592. The first kappa shape index (κ1) is 21.7. The van der Waals surface area contributed by atoms with Gasteiger partial charge in [0.05, 0.1) is 0 Å². The summed E-state index contributed by atoms with van der Waals surface area (Å²) < 4.78 is 0. The summed E-state index contributed by atoms with van der Waals surface area (Å²) in [6.45, 7) is 0. The molecule has 37 heavy (non-hydrogen) atoms.